The molecule has 0 atom stereocenters. The standard InChI is InChI=1S/C19H16FN/c20-19-11-10-14(13-21)12-18(19)17-9-5-4-8-16(17)15-6-2-1-3-7-15/h1-12H,13,21H2. The summed E-state index contributed by atoms with van der Waals surface area (Å²) in [5.74, 6) is -0.226. The second-order valence-electron chi connectivity index (χ2n) is 4.93. The van der Waals surface area contributed by atoms with Crippen molar-refractivity contribution in [1.29, 1.82) is 0 Å². The van der Waals surface area contributed by atoms with Crippen LogP contribution in [0.1, 0.15) is 5.56 Å². The van der Waals surface area contributed by atoms with Gasteiger partial charge in [-0.2, -0.15) is 0 Å². The Morgan fingerprint density at radius 1 is 0.714 bits per heavy atom. The van der Waals surface area contributed by atoms with E-state index < -0.39 is 0 Å². The lowest BCUT2D eigenvalue weighted by atomic mass is 9.93. The molecule has 0 aliphatic heterocycles. The highest BCUT2D eigenvalue weighted by molar-refractivity contribution is 5.83. The van der Waals surface area contributed by atoms with Gasteiger partial charge in [0.1, 0.15) is 5.82 Å². The van der Waals surface area contributed by atoms with E-state index in [1.165, 1.54) is 6.07 Å². The molecule has 0 spiro atoms. The minimum atomic E-state index is -0.226. The van der Waals surface area contributed by atoms with Gasteiger partial charge in [0.25, 0.3) is 0 Å². The number of hydrogen-bond donors (Lipinski definition) is 1. The Kier molecular flexibility index (Phi) is 3.80. The molecule has 0 heterocycles. The van der Waals surface area contributed by atoms with Gasteiger partial charge in [-0.1, -0.05) is 60.7 Å². The van der Waals surface area contributed by atoms with Crippen molar-refractivity contribution in [2.24, 2.45) is 5.73 Å². The maximum Gasteiger partial charge on any atom is 0.131 e. The van der Waals surface area contributed by atoms with E-state index in [9.17, 15) is 4.39 Å². The topological polar surface area (TPSA) is 26.0 Å². The average molecular weight is 277 g/mol. The first kappa shape index (κ1) is 13.5. The van der Waals surface area contributed by atoms with Crippen LogP contribution < -0.4 is 5.73 Å². The molecule has 0 aliphatic rings. The Morgan fingerprint density at radius 3 is 2.10 bits per heavy atom. The third-order valence-electron chi connectivity index (χ3n) is 3.57. The van der Waals surface area contributed by atoms with Gasteiger partial charge in [-0.15, -0.1) is 0 Å². The van der Waals surface area contributed by atoms with E-state index in [0.29, 0.717) is 12.1 Å². The first-order valence-electron chi connectivity index (χ1n) is 6.93. The quantitative estimate of drug-likeness (QED) is 0.742. The SMILES string of the molecule is NCc1ccc(F)c(-c2ccccc2-c2ccccc2)c1. The highest BCUT2D eigenvalue weighted by Gasteiger charge is 2.11. The zero-order valence-electron chi connectivity index (χ0n) is 11.6. The van der Waals surface area contributed by atoms with Crippen molar-refractivity contribution in [1.82, 2.24) is 0 Å². The number of nitrogens with two attached hydrogens (primary N) is 1. The summed E-state index contributed by atoms with van der Waals surface area (Å²) in [6.07, 6.45) is 0. The van der Waals surface area contributed by atoms with Gasteiger partial charge in [-0.25, -0.2) is 4.39 Å². The lowest BCUT2D eigenvalue weighted by molar-refractivity contribution is 0.630. The molecule has 0 fully saturated rings. The van der Waals surface area contributed by atoms with E-state index >= 15 is 0 Å². The molecule has 3 rings (SSSR count). The van der Waals surface area contributed by atoms with Crippen molar-refractivity contribution < 1.29 is 4.39 Å². The lowest BCUT2D eigenvalue weighted by Crippen LogP contribution is -1.98. The van der Waals surface area contributed by atoms with Crippen LogP contribution in [-0.4, -0.2) is 0 Å². The molecular weight excluding hydrogens is 261 g/mol. The summed E-state index contributed by atoms with van der Waals surface area (Å²) in [4.78, 5) is 0. The third-order valence-corrected chi connectivity index (χ3v) is 3.57. The molecule has 1 nitrogen and oxygen atoms in total. The van der Waals surface area contributed by atoms with E-state index in [2.05, 4.69) is 0 Å². The predicted octanol–water partition coefficient (Wildman–Crippen LogP) is 4.62. The number of rotatable bonds is 3. The summed E-state index contributed by atoms with van der Waals surface area (Å²) in [5.41, 5.74) is 10.2. The monoisotopic (exact) mass is 277 g/mol. The molecule has 3 aromatic rings. The van der Waals surface area contributed by atoms with Crippen molar-refractivity contribution in [3.05, 3.63) is 84.2 Å². The van der Waals surface area contributed by atoms with Crippen molar-refractivity contribution in [3.63, 3.8) is 0 Å². The fourth-order valence-corrected chi connectivity index (χ4v) is 2.49. The number of hydrogen-bond acceptors (Lipinski definition) is 1. The summed E-state index contributed by atoms with van der Waals surface area (Å²) in [5, 5.41) is 0. The second-order valence-corrected chi connectivity index (χ2v) is 4.93. The Balaban J connectivity index is 2.20. The van der Waals surface area contributed by atoms with Crippen LogP contribution in [0.15, 0.2) is 72.8 Å². The minimum Gasteiger partial charge on any atom is -0.326 e. The van der Waals surface area contributed by atoms with Crippen molar-refractivity contribution >= 4 is 0 Å². The molecule has 0 aromatic heterocycles. The molecule has 2 heteroatoms. The van der Waals surface area contributed by atoms with Crippen LogP contribution in [0.5, 0.6) is 0 Å². The molecule has 0 bridgehead atoms. The molecule has 0 radical (unpaired) electrons. The summed E-state index contributed by atoms with van der Waals surface area (Å²) < 4.78 is 14.2. The van der Waals surface area contributed by atoms with Gasteiger partial charge in [0.2, 0.25) is 0 Å². The van der Waals surface area contributed by atoms with Gasteiger partial charge >= 0.3 is 0 Å². The zero-order chi connectivity index (χ0) is 14.7. The fourth-order valence-electron chi connectivity index (χ4n) is 2.49. The normalized spacial score (nSPS) is 10.6. The molecule has 0 saturated carbocycles. The minimum absolute atomic E-state index is 0.226. The van der Waals surface area contributed by atoms with Gasteiger partial charge < -0.3 is 5.73 Å². The Bertz CT molecular complexity index is 751. The highest BCUT2D eigenvalue weighted by Crippen LogP contribution is 2.33. The van der Waals surface area contributed by atoms with Crippen LogP contribution in [0, 0.1) is 5.82 Å². The van der Waals surface area contributed by atoms with Crippen LogP contribution in [-0.2, 0) is 6.54 Å². The Hall–Kier alpha value is -2.45. The molecule has 0 aliphatic carbocycles. The van der Waals surface area contributed by atoms with E-state index in [1.807, 2.05) is 60.7 Å². The van der Waals surface area contributed by atoms with Crippen LogP contribution >= 0.6 is 0 Å². The summed E-state index contributed by atoms with van der Waals surface area (Å²) in [7, 11) is 0. The number of halogens is 1. The smallest absolute Gasteiger partial charge is 0.131 e. The third kappa shape index (κ3) is 2.71. The van der Waals surface area contributed by atoms with Crippen molar-refractivity contribution in [2.45, 2.75) is 6.54 Å². The average Bonchev–Trinajstić information content (AvgIpc) is 2.56. The van der Waals surface area contributed by atoms with E-state index in [0.717, 1.165) is 22.3 Å². The van der Waals surface area contributed by atoms with Gasteiger partial charge in [0.15, 0.2) is 0 Å². The molecule has 104 valence electrons. The van der Waals surface area contributed by atoms with Crippen molar-refractivity contribution in [3.8, 4) is 22.3 Å². The summed E-state index contributed by atoms with van der Waals surface area (Å²) >= 11 is 0. The summed E-state index contributed by atoms with van der Waals surface area (Å²) in [6.45, 7) is 0.404. The number of benzene rings is 3. The zero-order valence-corrected chi connectivity index (χ0v) is 11.6. The molecule has 0 amide bonds. The fraction of sp³-hybridized carbons (Fsp3) is 0.0526. The van der Waals surface area contributed by atoms with E-state index in [-0.39, 0.29) is 5.82 Å². The van der Waals surface area contributed by atoms with E-state index in [1.54, 1.807) is 6.07 Å². The van der Waals surface area contributed by atoms with Crippen LogP contribution in [0.4, 0.5) is 4.39 Å². The molecule has 21 heavy (non-hydrogen) atoms. The first-order valence-corrected chi connectivity index (χ1v) is 6.93. The maximum atomic E-state index is 14.2. The summed E-state index contributed by atoms with van der Waals surface area (Å²) in [6, 6.07) is 22.9. The Labute approximate surface area is 123 Å². The van der Waals surface area contributed by atoms with E-state index in [4.69, 9.17) is 5.73 Å². The van der Waals surface area contributed by atoms with Gasteiger partial charge in [0.05, 0.1) is 0 Å². The Morgan fingerprint density at radius 2 is 1.38 bits per heavy atom. The van der Waals surface area contributed by atoms with Gasteiger partial charge in [-0.3, -0.25) is 0 Å². The first-order chi connectivity index (χ1) is 10.3. The van der Waals surface area contributed by atoms with Gasteiger partial charge in [-0.05, 0) is 34.4 Å². The molecule has 2 N–H and O–H groups in total. The molecule has 0 saturated heterocycles. The van der Waals surface area contributed by atoms with Gasteiger partial charge in [0, 0.05) is 12.1 Å². The van der Waals surface area contributed by atoms with Crippen LogP contribution in [0.2, 0.25) is 0 Å². The van der Waals surface area contributed by atoms with Crippen LogP contribution in [0.25, 0.3) is 22.3 Å². The predicted molar refractivity (Wildman–Crippen MR) is 85.2 cm³/mol. The van der Waals surface area contributed by atoms with Crippen molar-refractivity contribution in [2.75, 3.05) is 0 Å². The maximum absolute atomic E-state index is 14.2. The lowest BCUT2D eigenvalue weighted by Gasteiger charge is -2.12. The molecule has 3 aromatic carbocycles. The second kappa shape index (κ2) is 5.90. The highest BCUT2D eigenvalue weighted by atomic mass is 19.1. The van der Waals surface area contributed by atoms with Crippen LogP contribution in [0.3, 0.4) is 0 Å². The molecule has 0 unspecified atom stereocenters. The molecular formula is C19H16FN. The largest absolute Gasteiger partial charge is 0.326 e.